The number of hydrogen-bond donors (Lipinski definition) is 1. The summed E-state index contributed by atoms with van der Waals surface area (Å²) in [5.41, 5.74) is 1.49. The highest BCUT2D eigenvalue weighted by Gasteiger charge is 2.34. The number of halogens is 1. The van der Waals surface area contributed by atoms with Crippen molar-refractivity contribution in [2.75, 3.05) is 13.7 Å². The van der Waals surface area contributed by atoms with Crippen molar-refractivity contribution in [3.8, 4) is 5.75 Å². The predicted molar refractivity (Wildman–Crippen MR) is 100 cm³/mol. The molecule has 1 unspecified atom stereocenters. The maximum atomic E-state index is 12.8. The third kappa shape index (κ3) is 4.17. The van der Waals surface area contributed by atoms with Gasteiger partial charge in [0.25, 0.3) is 5.91 Å². The summed E-state index contributed by atoms with van der Waals surface area (Å²) in [5.74, 6) is 0.348. The number of likely N-dealkylation sites (tertiary alicyclic amines) is 1. The molecule has 0 saturated carbocycles. The van der Waals surface area contributed by atoms with Gasteiger partial charge in [0.05, 0.1) is 7.11 Å². The van der Waals surface area contributed by atoms with Crippen molar-refractivity contribution in [1.82, 2.24) is 10.2 Å². The normalized spacial score (nSPS) is 16.4. The SMILES string of the molecule is COc1cccc(C(=O)N2CCCC2C(=O)NCc2ccc(Cl)cc2)c1. The molecule has 2 aromatic rings. The third-order valence-corrected chi connectivity index (χ3v) is 4.76. The molecule has 26 heavy (non-hydrogen) atoms. The molecule has 1 N–H and O–H groups in total. The van der Waals surface area contributed by atoms with Crippen molar-refractivity contribution in [1.29, 1.82) is 0 Å². The topological polar surface area (TPSA) is 58.6 Å². The molecule has 3 rings (SSSR count). The van der Waals surface area contributed by atoms with Crippen molar-refractivity contribution >= 4 is 23.4 Å². The first-order valence-corrected chi connectivity index (χ1v) is 8.93. The van der Waals surface area contributed by atoms with Gasteiger partial charge in [0.2, 0.25) is 5.91 Å². The van der Waals surface area contributed by atoms with Crippen LogP contribution >= 0.6 is 11.6 Å². The van der Waals surface area contributed by atoms with Gasteiger partial charge in [-0.15, -0.1) is 0 Å². The van der Waals surface area contributed by atoms with E-state index in [0.717, 1.165) is 12.0 Å². The van der Waals surface area contributed by atoms with E-state index < -0.39 is 6.04 Å². The van der Waals surface area contributed by atoms with Gasteiger partial charge in [0.1, 0.15) is 11.8 Å². The highest BCUT2D eigenvalue weighted by molar-refractivity contribution is 6.30. The van der Waals surface area contributed by atoms with Crippen molar-refractivity contribution in [3.05, 3.63) is 64.7 Å². The molecule has 1 aliphatic rings. The van der Waals surface area contributed by atoms with Gasteiger partial charge in [-0.3, -0.25) is 9.59 Å². The van der Waals surface area contributed by atoms with Crippen LogP contribution in [-0.2, 0) is 11.3 Å². The molecular weight excluding hydrogens is 352 g/mol. The lowest BCUT2D eigenvalue weighted by molar-refractivity contribution is -0.125. The van der Waals surface area contributed by atoms with Crippen LogP contribution in [0.4, 0.5) is 0 Å². The van der Waals surface area contributed by atoms with Crippen LogP contribution in [0.15, 0.2) is 48.5 Å². The Morgan fingerprint density at radius 3 is 2.73 bits per heavy atom. The Hall–Kier alpha value is -2.53. The summed E-state index contributed by atoms with van der Waals surface area (Å²) < 4.78 is 5.18. The average Bonchev–Trinajstić information content (AvgIpc) is 3.16. The van der Waals surface area contributed by atoms with Gasteiger partial charge in [0, 0.05) is 23.7 Å². The molecule has 2 amide bonds. The molecule has 0 radical (unpaired) electrons. The molecule has 1 saturated heterocycles. The molecule has 0 aliphatic carbocycles. The number of nitrogens with one attached hydrogen (secondary N) is 1. The van der Waals surface area contributed by atoms with Gasteiger partial charge in [-0.1, -0.05) is 29.8 Å². The Kier molecular flexibility index (Phi) is 5.78. The fraction of sp³-hybridized carbons (Fsp3) is 0.300. The van der Waals surface area contributed by atoms with Gasteiger partial charge in [-0.25, -0.2) is 0 Å². The second-order valence-corrected chi connectivity index (χ2v) is 6.67. The number of amides is 2. The van der Waals surface area contributed by atoms with Gasteiger partial charge in [-0.2, -0.15) is 0 Å². The summed E-state index contributed by atoms with van der Waals surface area (Å²) in [5, 5.41) is 3.58. The minimum absolute atomic E-state index is 0.131. The molecule has 1 aliphatic heterocycles. The highest BCUT2D eigenvalue weighted by atomic mass is 35.5. The summed E-state index contributed by atoms with van der Waals surface area (Å²) in [6.45, 7) is 0.989. The molecule has 0 spiro atoms. The fourth-order valence-electron chi connectivity index (χ4n) is 3.11. The van der Waals surface area contributed by atoms with E-state index in [9.17, 15) is 9.59 Å². The van der Waals surface area contributed by atoms with E-state index in [2.05, 4.69) is 5.32 Å². The van der Waals surface area contributed by atoms with Gasteiger partial charge in [-0.05, 0) is 48.7 Å². The minimum atomic E-state index is -0.444. The predicted octanol–water partition coefficient (Wildman–Crippen LogP) is 3.27. The number of benzene rings is 2. The van der Waals surface area contributed by atoms with E-state index in [1.54, 1.807) is 48.4 Å². The van der Waals surface area contributed by atoms with E-state index in [-0.39, 0.29) is 11.8 Å². The Morgan fingerprint density at radius 1 is 1.23 bits per heavy atom. The number of ether oxygens (including phenoxy) is 1. The Balaban J connectivity index is 1.65. The fourth-order valence-corrected chi connectivity index (χ4v) is 3.24. The van der Waals surface area contributed by atoms with Crippen molar-refractivity contribution in [2.45, 2.75) is 25.4 Å². The average molecular weight is 373 g/mol. The zero-order chi connectivity index (χ0) is 18.5. The molecule has 1 fully saturated rings. The molecular formula is C20H21ClN2O3. The molecule has 0 aromatic heterocycles. The van der Waals surface area contributed by atoms with Crippen LogP contribution in [0.5, 0.6) is 5.75 Å². The molecule has 1 atom stereocenters. The second kappa shape index (κ2) is 8.23. The van der Waals surface area contributed by atoms with E-state index in [1.807, 2.05) is 12.1 Å². The third-order valence-electron chi connectivity index (χ3n) is 4.51. The van der Waals surface area contributed by atoms with Crippen LogP contribution < -0.4 is 10.1 Å². The maximum Gasteiger partial charge on any atom is 0.254 e. The zero-order valence-corrected chi connectivity index (χ0v) is 15.3. The molecule has 2 aromatic carbocycles. The zero-order valence-electron chi connectivity index (χ0n) is 14.6. The minimum Gasteiger partial charge on any atom is -0.497 e. The summed E-state index contributed by atoms with van der Waals surface area (Å²) in [6, 6.07) is 13.9. The largest absolute Gasteiger partial charge is 0.497 e. The quantitative estimate of drug-likeness (QED) is 0.876. The number of nitrogens with zero attached hydrogens (tertiary/aromatic N) is 1. The van der Waals surface area contributed by atoms with Crippen LogP contribution in [-0.4, -0.2) is 36.4 Å². The first kappa shape index (κ1) is 18.3. The lowest BCUT2D eigenvalue weighted by atomic mass is 10.1. The standard InChI is InChI=1S/C20H21ClN2O3/c1-26-17-5-2-4-15(12-17)20(25)23-11-3-6-18(23)19(24)22-13-14-7-9-16(21)10-8-14/h2,4-5,7-10,12,18H,3,6,11,13H2,1H3,(H,22,24). The summed E-state index contributed by atoms with van der Waals surface area (Å²) in [7, 11) is 1.56. The van der Waals surface area contributed by atoms with Crippen LogP contribution in [0.3, 0.4) is 0 Å². The second-order valence-electron chi connectivity index (χ2n) is 6.23. The Bertz CT molecular complexity index is 792. The van der Waals surface area contributed by atoms with Crippen LogP contribution in [0, 0.1) is 0 Å². The van der Waals surface area contributed by atoms with Crippen LogP contribution in [0.2, 0.25) is 5.02 Å². The number of methoxy groups -OCH3 is 1. The lowest BCUT2D eigenvalue weighted by Crippen LogP contribution is -2.45. The summed E-state index contributed by atoms with van der Waals surface area (Å²) in [6.07, 6.45) is 1.48. The molecule has 5 nitrogen and oxygen atoms in total. The van der Waals surface area contributed by atoms with E-state index in [4.69, 9.17) is 16.3 Å². The first-order valence-electron chi connectivity index (χ1n) is 8.55. The number of carbonyl (C=O) groups is 2. The maximum absolute atomic E-state index is 12.8. The van der Waals surface area contributed by atoms with Gasteiger partial charge < -0.3 is 15.0 Å². The number of carbonyl (C=O) groups excluding carboxylic acids is 2. The summed E-state index contributed by atoms with van der Waals surface area (Å²) in [4.78, 5) is 27.1. The van der Waals surface area contributed by atoms with Gasteiger partial charge >= 0.3 is 0 Å². The Morgan fingerprint density at radius 2 is 2.00 bits per heavy atom. The molecule has 0 bridgehead atoms. The van der Waals surface area contributed by atoms with Crippen LogP contribution in [0.25, 0.3) is 0 Å². The van der Waals surface area contributed by atoms with E-state index in [0.29, 0.717) is 35.8 Å². The van der Waals surface area contributed by atoms with E-state index in [1.165, 1.54) is 0 Å². The lowest BCUT2D eigenvalue weighted by Gasteiger charge is -2.24. The van der Waals surface area contributed by atoms with Crippen molar-refractivity contribution < 1.29 is 14.3 Å². The molecule has 136 valence electrons. The highest BCUT2D eigenvalue weighted by Crippen LogP contribution is 2.22. The molecule has 6 heteroatoms. The van der Waals surface area contributed by atoms with Crippen molar-refractivity contribution in [2.24, 2.45) is 0 Å². The molecule has 1 heterocycles. The van der Waals surface area contributed by atoms with Gasteiger partial charge in [0.15, 0.2) is 0 Å². The number of hydrogen-bond acceptors (Lipinski definition) is 3. The van der Waals surface area contributed by atoms with Crippen LogP contribution in [0.1, 0.15) is 28.8 Å². The first-order chi connectivity index (χ1) is 12.6. The Labute approximate surface area is 157 Å². The summed E-state index contributed by atoms with van der Waals surface area (Å²) >= 11 is 5.87. The monoisotopic (exact) mass is 372 g/mol. The number of rotatable bonds is 5. The van der Waals surface area contributed by atoms with E-state index >= 15 is 0 Å². The van der Waals surface area contributed by atoms with Crippen molar-refractivity contribution in [3.63, 3.8) is 0 Å². The smallest absolute Gasteiger partial charge is 0.254 e.